The minimum Gasteiger partial charge on any atom is -0.378 e. The highest BCUT2D eigenvalue weighted by atomic mass is 19.4. The van der Waals surface area contributed by atoms with Gasteiger partial charge in [0, 0.05) is 12.1 Å². The van der Waals surface area contributed by atoms with Crippen LogP contribution in [-0.4, -0.2) is 29.9 Å². The summed E-state index contributed by atoms with van der Waals surface area (Å²) in [5.74, 6) is 0.436. The van der Waals surface area contributed by atoms with Gasteiger partial charge in [0.25, 0.3) is 0 Å². The Hall–Kier alpha value is -1.93. The molecule has 5 nitrogen and oxygen atoms in total. The molecule has 1 aromatic heterocycles. The van der Waals surface area contributed by atoms with Crippen molar-refractivity contribution in [1.82, 2.24) is 15.5 Å². The van der Waals surface area contributed by atoms with E-state index in [1.54, 1.807) is 0 Å². The monoisotopic (exact) mass is 299 g/mol. The minimum absolute atomic E-state index is 0.128. The summed E-state index contributed by atoms with van der Waals surface area (Å²) in [6, 6.07) is 4.59. The molecule has 1 aliphatic heterocycles. The van der Waals surface area contributed by atoms with Crippen LogP contribution in [0.2, 0.25) is 0 Å². The Morgan fingerprint density at radius 1 is 1.29 bits per heavy atom. The summed E-state index contributed by atoms with van der Waals surface area (Å²) in [5.41, 5.74) is -0.484. The standard InChI is InChI=1S/C13H12F3N3O2/c14-13(15,16)9-3-1-2-8(6-9)11-18-12(21-19-11)10-7-20-5-4-17-10/h1-3,6,10,17H,4-5,7H2. The summed E-state index contributed by atoms with van der Waals surface area (Å²) < 4.78 is 48.4. The molecule has 0 bridgehead atoms. The van der Waals surface area contributed by atoms with E-state index in [1.807, 2.05) is 0 Å². The van der Waals surface area contributed by atoms with E-state index in [9.17, 15) is 13.2 Å². The molecule has 1 saturated heterocycles. The first-order valence-electron chi connectivity index (χ1n) is 6.36. The molecule has 0 aliphatic carbocycles. The molecular weight excluding hydrogens is 287 g/mol. The molecule has 1 unspecified atom stereocenters. The Morgan fingerprint density at radius 3 is 2.86 bits per heavy atom. The van der Waals surface area contributed by atoms with Crippen LogP contribution in [0.15, 0.2) is 28.8 Å². The number of halogens is 3. The van der Waals surface area contributed by atoms with Gasteiger partial charge in [-0.25, -0.2) is 0 Å². The quantitative estimate of drug-likeness (QED) is 0.923. The zero-order chi connectivity index (χ0) is 14.9. The van der Waals surface area contributed by atoms with Crippen LogP contribution in [0.1, 0.15) is 17.5 Å². The van der Waals surface area contributed by atoms with Gasteiger partial charge in [0.15, 0.2) is 0 Å². The van der Waals surface area contributed by atoms with Gasteiger partial charge in [-0.05, 0) is 12.1 Å². The molecule has 0 spiro atoms. The molecular formula is C13H12F3N3O2. The van der Waals surface area contributed by atoms with Crippen molar-refractivity contribution in [1.29, 1.82) is 0 Å². The third-order valence-electron chi connectivity index (χ3n) is 3.11. The maximum absolute atomic E-state index is 12.7. The fraction of sp³-hybridized carbons (Fsp3) is 0.385. The van der Waals surface area contributed by atoms with Crippen molar-refractivity contribution in [3.05, 3.63) is 35.7 Å². The van der Waals surface area contributed by atoms with Crippen LogP contribution in [0.5, 0.6) is 0 Å². The maximum atomic E-state index is 12.7. The highest BCUT2D eigenvalue weighted by Gasteiger charge is 2.31. The molecule has 112 valence electrons. The van der Waals surface area contributed by atoms with Crippen molar-refractivity contribution in [2.24, 2.45) is 0 Å². The van der Waals surface area contributed by atoms with Gasteiger partial charge in [0.05, 0.1) is 18.8 Å². The number of morpholine rings is 1. The molecule has 1 N–H and O–H groups in total. The van der Waals surface area contributed by atoms with Crippen molar-refractivity contribution in [2.45, 2.75) is 12.2 Å². The molecule has 0 radical (unpaired) electrons. The van der Waals surface area contributed by atoms with E-state index < -0.39 is 11.7 Å². The number of benzene rings is 1. The van der Waals surface area contributed by atoms with E-state index in [-0.39, 0.29) is 17.4 Å². The molecule has 2 heterocycles. The van der Waals surface area contributed by atoms with Gasteiger partial charge < -0.3 is 14.6 Å². The fourth-order valence-corrected chi connectivity index (χ4v) is 2.05. The lowest BCUT2D eigenvalue weighted by molar-refractivity contribution is -0.137. The largest absolute Gasteiger partial charge is 0.416 e. The van der Waals surface area contributed by atoms with Crippen molar-refractivity contribution in [3.63, 3.8) is 0 Å². The van der Waals surface area contributed by atoms with Gasteiger partial charge in [-0.15, -0.1) is 0 Å². The number of hydrogen-bond donors (Lipinski definition) is 1. The van der Waals surface area contributed by atoms with Gasteiger partial charge in [0.1, 0.15) is 6.04 Å². The van der Waals surface area contributed by atoms with Crippen LogP contribution in [0, 0.1) is 0 Å². The van der Waals surface area contributed by atoms with Gasteiger partial charge in [-0.1, -0.05) is 17.3 Å². The molecule has 1 aliphatic rings. The van der Waals surface area contributed by atoms with Crippen LogP contribution in [-0.2, 0) is 10.9 Å². The highest BCUT2D eigenvalue weighted by molar-refractivity contribution is 5.55. The van der Waals surface area contributed by atoms with E-state index in [0.29, 0.717) is 25.6 Å². The SMILES string of the molecule is FC(F)(F)c1cccc(-c2noc(C3COCCN3)n2)c1. The highest BCUT2D eigenvalue weighted by Crippen LogP contribution is 2.31. The fourth-order valence-electron chi connectivity index (χ4n) is 2.05. The van der Waals surface area contributed by atoms with E-state index in [0.717, 1.165) is 12.1 Å². The second kappa shape index (κ2) is 5.45. The summed E-state index contributed by atoms with van der Waals surface area (Å²) in [6.45, 7) is 1.65. The van der Waals surface area contributed by atoms with E-state index in [4.69, 9.17) is 9.26 Å². The lowest BCUT2D eigenvalue weighted by Crippen LogP contribution is -2.34. The number of nitrogens with one attached hydrogen (secondary N) is 1. The number of alkyl halides is 3. The Labute approximate surface area is 118 Å². The van der Waals surface area contributed by atoms with Gasteiger partial charge in [0.2, 0.25) is 11.7 Å². The first-order valence-corrected chi connectivity index (χ1v) is 6.36. The first kappa shape index (κ1) is 14.0. The second-order valence-corrected chi connectivity index (χ2v) is 4.62. The number of nitrogens with zero attached hydrogens (tertiary/aromatic N) is 2. The van der Waals surface area contributed by atoms with Crippen LogP contribution in [0.25, 0.3) is 11.4 Å². The lowest BCUT2D eigenvalue weighted by atomic mass is 10.1. The Kier molecular flexibility index (Phi) is 3.64. The minimum atomic E-state index is -4.40. The predicted molar refractivity (Wildman–Crippen MR) is 66.3 cm³/mol. The summed E-state index contributed by atoms with van der Waals surface area (Å²) in [5, 5.41) is 6.87. The third kappa shape index (κ3) is 3.06. The second-order valence-electron chi connectivity index (χ2n) is 4.62. The molecule has 0 saturated carbocycles. The smallest absolute Gasteiger partial charge is 0.378 e. The summed E-state index contributed by atoms with van der Waals surface area (Å²) in [7, 11) is 0. The van der Waals surface area contributed by atoms with Crippen LogP contribution in [0.4, 0.5) is 13.2 Å². The van der Waals surface area contributed by atoms with Crippen LogP contribution >= 0.6 is 0 Å². The normalized spacial score (nSPS) is 19.7. The Morgan fingerprint density at radius 2 is 2.14 bits per heavy atom. The number of ether oxygens (including phenoxy) is 1. The maximum Gasteiger partial charge on any atom is 0.416 e. The number of rotatable bonds is 2. The van der Waals surface area contributed by atoms with E-state index in [2.05, 4.69) is 15.5 Å². The zero-order valence-electron chi connectivity index (χ0n) is 10.9. The molecule has 3 rings (SSSR count). The van der Waals surface area contributed by atoms with Gasteiger partial charge in [-0.3, -0.25) is 0 Å². The number of hydrogen-bond acceptors (Lipinski definition) is 5. The van der Waals surface area contributed by atoms with Gasteiger partial charge in [-0.2, -0.15) is 18.2 Å². The molecule has 21 heavy (non-hydrogen) atoms. The van der Waals surface area contributed by atoms with E-state index in [1.165, 1.54) is 12.1 Å². The van der Waals surface area contributed by atoms with Crippen LogP contribution in [0.3, 0.4) is 0 Å². The van der Waals surface area contributed by atoms with Crippen molar-refractivity contribution >= 4 is 0 Å². The summed E-state index contributed by atoms with van der Waals surface area (Å²) in [6.07, 6.45) is -4.40. The first-order chi connectivity index (χ1) is 10.0. The van der Waals surface area contributed by atoms with E-state index >= 15 is 0 Å². The topological polar surface area (TPSA) is 60.2 Å². The van der Waals surface area contributed by atoms with Crippen molar-refractivity contribution in [3.8, 4) is 11.4 Å². The lowest BCUT2D eigenvalue weighted by Gasteiger charge is -2.20. The Bertz CT molecular complexity index is 621. The average molecular weight is 299 g/mol. The molecule has 8 heteroatoms. The third-order valence-corrected chi connectivity index (χ3v) is 3.11. The summed E-state index contributed by atoms with van der Waals surface area (Å²) >= 11 is 0. The average Bonchev–Trinajstić information content (AvgIpc) is 2.97. The molecule has 1 fully saturated rings. The molecule has 0 amide bonds. The van der Waals surface area contributed by atoms with Crippen molar-refractivity contribution < 1.29 is 22.4 Å². The molecule has 1 atom stereocenters. The van der Waals surface area contributed by atoms with Crippen molar-refractivity contribution in [2.75, 3.05) is 19.8 Å². The molecule has 2 aromatic rings. The predicted octanol–water partition coefficient (Wildman–Crippen LogP) is 2.42. The Balaban J connectivity index is 1.86. The number of aromatic nitrogens is 2. The van der Waals surface area contributed by atoms with Gasteiger partial charge >= 0.3 is 6.18 Å². The van der Waals surface area contributed by atoms with Crippen LogP contribution < -0.4 is 5.32 Å². The molecule has 1 aromatic carbocycles. The zero-order valence-corrected chi connectivity index (χ0v) is 10.9. The summed E-state index contributed by atoms with van der Waals surface area (Å²) in [4.78, 5) is 4.14.